The number of hydrogen-bond acceptors (Lipinski definition) is 1. The van der Waals surface area contributed by atoms with Crippen molar-refractivity contribution in [2.45, 2.75) is 19.9 Å². The standard InChI is InChI=1S/C16H16BrF2N/c1-3-20-16(11-4-7-15(19)10(2)8-11)13-9-12(18)5-6-14(13)17/h4-9,16,20H,3H2,1-2H3. The maximum absolute atomic E-state index is 13.5. The summed E-state index contributed by atoms with van der Waals surface area (Å²) in [6, 6.07) is 9.38. The van der Waals surface area contributed by atoms with Crippen molar-refractivity contribution in [2.75, 3.05) is 6.54 Å². The highest BCUT2D eigenvalue weighted by Crippen LogP contribution is 2.30. The van der Waals surface area contributed by atoms with Gasteiger partial charge in [-0.25, -0.2) is 8.78 Å². The summed E-state index contributed by atoms with van der Waals surface area (Å²) in [6.45, 7) is 4.43. The lowest BCUT2D eigenvalue weighted by Gasteiger charge is -2.21. The van der Waals surface area contributed by atoms with Crippen LogP contribution in [0.15, 0.2) is 40.9 Å². The molecule has 0 amide bonds. The summed E-state index contributed by atoms with van der Waals surface area (Å²) >= 11 is 3.45. The van der Waals surface area contributed by atoms with Gasteiger partial charge in [-0.2, -0.15) is 0 Å². The van der Waals surface area contributed by atoms with E-state index in [-0.39, 0.29) is 17.7 Å². The summed E-state index contributed by atoms with van der Waals surface area (Å²) in [6.07, 6.45) is 0. The molecule has 1 N–H and O–H groups in total. The van der Waals surface area contributed by atoms with Crippen LogP contribution in [0.2, 0.25) is 0 Å². The fourth-order valence-corrected chi connectivity index (χ4v) is 2.67. The molecular weight excluding hydrogens is 324 g/mol. The van der Waals surface area contributed by atoms with Crippen LogP contribution in [0.1, 0.15) is 29.7 Å². The second-order valence-corrected chi connectivity index (χ2v) is 5.52. The van der Waals surface area contributed by atoms with Gasteiger partial charge in [-0.1, -0.05) is 35.0 Å². The predicted molar refractivity (Wildman–Crippen MR) is 80.8 cm³/mol. The Morgan fingerprint density at radius 2 is 1.90 bits per heavy atom. The Hall–Kier alpha value is -1.26. The van der Waals surface area contributed by atoms with E-state index in [0.29, 0.717) is 5.56 Å². The normalized spacial score (nSPS) is 12.4. The monoisotopic (exact) mass is 339 g/mol. The Morgan fingerprint density at radius 1 is 1.15 bits per heavy atom. The zero-order valence-corrected chi connectivity index (χ0v) is 13.0. The van der Waals surface area contributed by atoms with Gasteiger partial charge in [0.25, 0.3) is 0 Å². The van der Waals surface area contributed by atoms with Crippen LogP contribution in [0.4, 0.5) is 8.78 Å². The minimum Gasteiger partial charge on any atom is -0.306 e. The predicted octanol–water partition coefficient (Wildman–Crippen LogP) is 4.73. The van der Waals surface area contributed by atoms with Crippen molar-refractivity contribution in [3.63, 3.8) is 0 Å². The van der Waals surface area contributed by atoms with Gasteiger partial charge in [0.1, 0.15) is 11.6 Å². The molecule has 0 fully saturated rings. The molecule has 2 rings (SSSR count). The molecule has 0 aromatic heterocycles. The zero-order valence-electron chi connectivity index (χ0n) is 11.4. The molecule has 0 aliphatic rings. The average Bonchev–Trinajstić information content (AvgIpc) is 2.42. The molecule has 0 aliphatic heterocycles. The average molecular weight is 340 g/mol. The van der Waals surface area contributed by atoms with Crippen LogP contribution in [0.5, 0.6) is 0 Å². The van der Waals surface area contributed by atoms with Gasteiger partial charge in [-0.05, 0) is 54.4 Å². The van der Waals surface area contributed by atoms with Gasteiger partial charge in [0.2, 0.25) is 0 Å². The van der Waals surface area contributed by atoms with Crippen molar-refractivity contribution < 1.29 is 8.78 Å². The number of halogens is 3. The Morgan fingerprint density at radius 3 is 2.55 bits per heavy atom. The molecule has 0 radical (unpaired) electrons. The Kier molecular flexibility index (Phi) is 4.89. The minimum atomic E-state index is -0.287. The van der Waals surface area contributed by atoms with Crippen LogP contribution < -0.4 is 5.32 Å². The Labute approximate surface area is 126 Å². The molecule has 106 valence electrons. The van der Waals surface area contributed by atoms with Crippen molar-refractivity contribution in [2.24, 2.45) is 0 Å². The second-order valence-electron chi connectivity index (χ2n) is 4.67. The fourth-order valence-electron chi connectivity index (χ4n) is 2.19. The lowest BCUT2D eigenvalue weighted by Crippen LogP contribution is -2.22. The first-order valence-corrected chi connectivity index (χ1v) is 7.26. The first-order valence-electron chi connectivity index (χ1n) is 6.47. The first-order chi connectivity index (χ1) is 9.52. The van der Waals surface area contributed by atoms with Crippen LogP contribution in [0.3, 0.4) is 0 Å². The van der Waals surface area contributed by atoms with Crippen molar-refractivity contribution in [1.29, 1.82) is 0 Å². The van der Waals surface area contributed by atoms with Gasteiger partial charge >= 0.3 is 0 Å². The summed E-state index contributed by atoms with van der Waals surface area (Å²) < 4.78 is 27.7. The van der Waals surface area contributed by atoms with Crippen LogP contribution in [-0.2, 0) is 0 Å². The highest BCUT2D eigenvalue weighted by atomic mass is 79.9. The second kappa shape index (κ2) is 6.46. The molecule has 0 aliphatic carbocycles. The Bertz CT molecular complexity index is 613. The van der Waals surface area contributed by atoms with E-state index in [1.54, 1.807) is 25.1 Å². The van der Waals surface area contributed by atoms with E-state index in [2.05, 4.69) is 21.2 Å². The molecule has 2 aromatic carbocycles. The molecule has 1 atom stereocenters. The fraction of sp³-hybridized carbons (Fsp3) is 0.250. The van der Waals surface area contributed by atoms with Gasteiger partial charge in [0, 0.05) is 4.47 Å². The van der Waals surface area contributed by atoms with Gasteiger partial charge in [0.05, 0.1) is 6.04 Å². The van der Waals surface area contributed by atoms with E-state index in [0.717, 1.165) is 22.1 Å². The molecular formula is C16H16BrF2N. The summed E-state index contributed by atoms with van der Waals surface area (Å²) in [5, 5.41) is 3.31. The smallest absolute Gasteiger partial charge is 0.126 e. The molecule has 20 heavy (non-hydrogen) atoms. The van der Waals surface area contributed by atoms with E-state index in [1.807, 2.05) is 6.92 Å². The molecule has 1 unspecified atom stereocenters. The van der Waals surface area contributed by atoms with Crippen LogP contribution in [-0.4, -0.2) is 6.54 Å². The topological polar surface area (TPSA) is 12.0 Å². The van der Waals surface area contributed by atoms with Gasteiger partial charge < -0.3 is 5.32 Å². The number of benzene rings is 2. The third-order valence-electron chi connectivity index (χ3n) is 3.19. The summed E-state index contributed by atoms with van der Waals surface area (Å²) in [5.74, 6) is -0.521. The molecule has 1 nitrogen and oxygen atoms in total. The number of rotatable bonds is 4. The molecule has 2 aromatic rings. The molecule has 0 saturated heterocycles. The van der Waals surface area contributed by atoms with Gasteiger partial charge in [-0.15, -0.1) is 0 Å². The maximum atomic E-state index is 13.5. The summed E-state index contributed by atoms with van der Waals surface area (Å²) in [7, 11) is 0. The largest absolute Gasteiger partial charge is 0.306 e. The van der Waals surface area contributed by atoms with Crippen molar-refractivity contribution in [3.8, 4) is 0 Å². The third kappa shape index (κ3) is 3.25. The maximum Gasteiger partial charge on any atom is 0.126 e. The number of hydrogen-bond donors (Lipinski definition) is 1. The number of aryl methyl sites for hydroxylation is 1. The Balaban J connectivity index is 2.49. The highest BCUT2D eigenvalue weighted by Gasteiger charge is 2.17. The zero-order chi connectivity index (χ0) is 14.7. The van der Waals surface area contributed by atoms with E-state index < -0.39 is 0 Å². The molecule has 0 spiro atoms. The van der Waals surface area contributed by atoms with Crippen LogP contribution in [0.25, 0.3) is 0 Å². The molecule has 4 heteroatoms. The lowest BCUT2D eigenvalue weighted by molar-refractivity contribution is 0.594. The quantitative estimate of drug-likeness (QED) is 0.848. The van der Waals surface area contributed by atoms with Crippen molar-refractivity contribution in [1.82, 2.24) is 5.32 Å². The van der Waals surface area contributed by atoms with E-state index >= 15 is 0 Å². The highest BCUT2D eigenvalue weighted by molar-refractivity contribution is 9.10. The number of nitrogens with one attached hydrogen (secondary N) is 1. The lowest BCUT2D eigenvalue weighted by atomic mass is 9.97. The minimum absolute atomic E-state index is 0.177. The third-order valence-corrected chi connectivity index (χ3v) is 3.91. The molecule has 0 saturated carbocycles. The molecule has 0 bridgehead atoms. The van der Waals surface area contributed by atoms with Crippen LogP contribution >= 0.6 is 15.9 Å². The van der Waals surface area contributed by atoms with Crippen molar-refractivity contribution >= 4 is 15.9 Å². The SMILES string of the molecule is CCNC(c1ccc(F)c(C)c1)c1cc(F)ccc1Br. The van der Waals surface area contributed by atoms with Crippen molar-refractivity contribution in [3.05, 3.63) is 69.2 Å². The van der Waals surface area contributed by atoms with Gasteiger partial charge in [0.15, 0.2) is 0 Å². The van der Waals surface area contributed by atoms with E-state index in [4.69, 9.17) is 0 Å². The van der Waals surface area contributed by atoms with Crippen LogP contribution in [0, 0.1) is 18.6 Å². The van der Waals surface area contributed by atoms with Gasteiger partial charge in [-0.3, -0.25) is 0 Å². The van der Waals surface area contributed by atoms with E-state index in [1.165, 1.54) is 18.2 Å². The summed E-state index contributed by atoms with van der Waals surface area (Å²) in [5.41, 5.74) is 2.30. The summed E-state index contributed by atoms with van der Waals surface area (Å²) in [4.78, 5) is 0. The first kappa shape index (κ1) is 15.1. The molecule has 0 heterocycles. The van der Waals surface area contributed by atoms with E-state index in [9.17, 15) is 8.78 Å².